The van der Waals surface area contributed by atoms with E-state index in [1.165, 1.54) is 23.6 Å². The number of rotatable bonds is 5. The zero-order chi connectivity index (χ0) is 22.7. The molecule has 0 saturated carbocycles. The summed E-state index contributed by atoms with van der Waals surface area (Å²) in [5.74, 6) is -3.43. The Hall–Kier alpha value is -3.70. The number of pyridine rings is 1. The van der Waals surface area contributed by atoms with E-state index in [-0.39, 0.29) is 17.2 Å². The summed E-state index contributed by atoms with van der Waals surface area (Å²) in [6.07, 6.45) is -3.91. The van der Waals surface area contributed by atoms with Gasteiger partial charge in [-0.25, -0.2) is 9.78 Å². The molecule has 1 aromatic heterocycles. The second kappa shape index (κ2) is 8.35. The maximum atomic E-state index is 12.4. The number of benzene rings is 1. The predicted molar refractivity (Wildman–Crippen MR) is 97.3 cm³/mol. The van der Waals surface area contributed by atoms with Crippen molar-refractivity contribution < 1.29 is 37.2 Å². The smallest absolute Gasteiger partial charge is 0.455 e. The van der Waals surface area contributed by atoms with Crippen LogP contribution in [0.2, 0.25) is 0 Å². The summed E-state index contributed by atoms with van der Waals surface area (Å²) >= 11 is 0. The lowest BCUT2D eigenvalue weighted by Gasteiger charge is -2.20. The third kappa shape index (κ3) is 5.90. The molecular formula is C18H16F3N3O6. The van der Waals surface area contributed by atoms with Gasteiger partial charge in [0.2, 0.25) is 0 Å². The van der Waals surface area contributed by atoms with Crippen LogP contribution in [-0.4, -0.2) is 33.6 Å². The van der Waals surface area contributed by atoms with Crippen molar-refractivity contribution in [3.8, 4) is 11.5 Å². The van der Waals surface area contributed by atoms with Crippen LogP contribution >= 0.6 is 0 Å². The Morgan fingerprint density at radius 1 is 1.17 bits per heavy atom. The Bertz CT molecular complexity index is 986. The normalized spacial score (nSPS) is 11.5. The number of nitrogens with one attached hydrogen (secondary N) is 1. The third-order valence-corrected chi connectivity index (χ3v) is 3.26. The molecule has 0 aliphatic carbocycles. The van der Waals surface area contributed by atoms with Gasteiger partial charge in [0, 0.05) is 6.20 Å². The number of nitro groups is 1. The minimum atomic E-state index is -5.22. The SMILES string of the molecule is CC(C)(C)OC(=O)c1ncccc1Oc1ccc(NC(=O)C(F)(F)F)c([N+](=O)[O-])c1. The van der Waals surface area contributed by atoms with Crippen LogP contribution in [0.1, 0.15) is 31.3 Å². The molecule has 160 valence electrons. The van der Waals surface area contributed by atoms with Gasteiger partial charge in [0.15, 0.2) is 11.4 Å². The van der Waals surface area contributed by atoms with Crippen LogP contribution < -0.4 is 10.1 Å². The van der Waals surface area contributed by atoms with E-state index in [0.29, 0.717) is 0 Å². The first-order valence-corrected chi connectivity index (χ1v) is 8.31. The minimum absolute atomic E-state index is 0.0897. The lowest BCUT2D eigenvalue weighted by atomic mass is 10.2. The number of anilines is 1. The summed E-state index contributed by atoms with van der Waals surface area (Å²) in [5, 5.41) is 12.7. The standard InChI is InChI=1S/C18H16F3N3O6/c1-17(2,3)30-15(25)14-13(5-4-8-22-14)29-10-6-7-11(12(9-10)24(27)28)23-16(26)18(19,20)21/h4-9H,1-3H3,(H,23,26). The molecule has 0 spiro atoms. The first-order chi connectivity index (χ1) is 13.8. The molecule has 0 atom stereocenters. The Morgan fingerprint density at radius 2 is 1.83 bits per heavy atom. The lowest BCUT2D eigenvalue weighted by Crippen LogP contribution is -2.30. The first-order valence-electron chi connectivity index (χ1n) is 8.31. The highest BCUT2D eigenvalue weighted by atomic mass is 19.4. The molecule has 0 fully saturated rings. The van der Waals surface area contributed by atoms with E-state index in [1.54, 1.807) is 20.8 Å². The Kier molecular flexibility index (Phi) is 6.29. The van der Waals surface area contributed by atoms with Gasteiger partial charge in [0.05, 0.1) is 11.0 Å². The summed E-state index contributed by atoms with van der Waals surface area (Å²) in [4.78, 5) is 37.5. The average molecular weight is 427 g/mol. The van der Waals surface area contributed by atoms with E-state index >= 15 is 0 Å². The highest BCUT2D eigenvalue weighted by Crippen LogP contribution is 2.33. The second-order valence-electron chi connectivity index (χ2n) is 6.84. The van der Waals surface area contributed by atoms with Crippen molar-refractivity contribution in [1.82, 2.24) is 4.98 Å². The van der Waals surface area contributed by atoms with E-state index in [9.17, 15) is 32.9 Å². The molecule has 0 aliphatic heterocycles. The molecule has 0 aliphatic rings. The first kappa shape index (κ1) is 22.6. The molecule has 0 unspecified atom stereocenters. The number of halogens is 3. The van der Waals surface area contributed by atoms with Crippen molar-refractivity contribution in [2.24, 2.45) is 0 Å². The van der Waals surface area contributed by atoms with E-state index in [2.05, 4.69) is 4.98 Å². The number of aromatic nitrogens is 1. The summed E-state index contributed by atoms with van der Waals surface area (Å²) in [6.45, 7) is 4.93. The minimum Gasteiger partial charge on any atom is -0.455 e. The fraction of sp³-hybridized carbons (Fsp3) is 0.278. The van der Waals surface area contributed by atoms with Gasteiger partial charge >= 0.3 is 18.1 Å². The van der Waals surface area contributed by atoms with Gasteiger partial charge in [-0.2, -0.15) is 13.2 Å². The summed E-state index contributed by atoms with van der Waals surface area (Å²) in [7, 11) is 0. The number of esters is 1. The molecule has 30 heavy (non-hydrogen) atoms. The average Bonchev–Trinajstić information content (AvgIpc) is 2.61. The summed E-state index contributed by atoms with van der Waals surface area (Å²) in [6, 6.07) is 5.57. The molecule has 1 N–H and O–H groups in total. The number of nitro benzene ring substituents is 1. The fourth-order valence-electron chi connectivity index (χ4n) is 2.10. The van der Waals surface area contributed by atoms with E-state index < -0.39 is 40.0 Å². The zero-order valence-electron chi connectivity index (χ0n) is 15.9. The van der Waals surface area contributed by atoms with Crippen LogP contribution in [0, 0.1) is 10.1 Å². The van der Waals surface area contributed by atoms with Crippen molar-refractivity contribution in [1.29, 1.82) is 0 Å². The number of carbonyl (C=O) groups is 2. The van der Waals surface area contributed by atoms with Crippen LogP contribution in [0.5, 0.6) is 11.5 Å². The monoisotopic (exact) mass is 427 g/mol. The highest BCUT2D eigenvalue weighted by Gasteiger charge is 2.39. The summed E-state index contributed by atoms with van der Waals surface area (Å²) < 4.78 is 47.9. The molecular weight excluding hydrogens is 411 g/mol. The van der Waals surface area contributed by atoms with E-state index in [1.807, 2.05) is 0 Å². The summed E-state index contributed by atoms with van der Waals surface area (Å²) in [5.41, 5.74) is -2.53. The van der Waals surface area contributed by atoms with Crippen LogP contribution in [0.3, 0.4) is 0 Å². The molecule has 0 bridgehead atoms. The molecule has 0 radical (unpaired) electrons. The van der Waals surface area contributed by atoms with Gasteiger partial charge in [-0.05, 0) is 45.0 Å². The maximum Gasteiger partial charge on any atom is 0.471 e. The van der Waals surface area contributed by atoms with Crippen LogP contribution in [0.4, 0.5) is 24.5 Å². The Balaban J connectivity index is 2.35. The molecule has 2 rings (SSSR count). The highest BCUT2D eigenvalue weighted by molar-refractivity contribution is 5.97. The molecule has 9 nitrogen and oxygen atoms in total. The van der Waals surface area contributed by atoms with Gasteiger partial charge in [-0.15, -0.1) is 0 Å². The van der Waals surface area contributed by atoms with Gasteiger partial charge in [0.25, 0.3) is 5.69 Å². The second-order valence-corrected chi connectivity index (χ2v) is 6.84. The Morgan fingerprint density at radius 3 is 2.40 bits per heavy atom. The topological polar surface area (TPSA) is 121 Å². The molecule has 1 amide bonds. The van der Waals surface area contributed by atoms with E-state index in [4.69, 9.17) is 9.47 Å². The maximum absolute atomic E-state index is 12.4. The molecule has 0 saturated heterocycles. The third-order valence-electron chi connectivity index (χ3n) is 3.26. The Labute approximate surface area is 168 Å². The zero-order valence-corrected chi connectivity index (χ0v) is 15.9. The van der Waals surface area contributed by atoms with Gasteiger partial charge in [-0.3, -0.25) is 14.9 Å². The van der Waals surface area contributed by atoms with Crippen LogP contribution in [0.25, 0.3) is 0 Å². The number of amides is 1. The van der Waals surface area contributed by atoms with Crippen molar-refractivity contribution >= 4 is 23.3 Å². The number of alkyl halides is 3. The predicted octanol–water partition coefficient (Wildman–Crippen LogP) is 4.24. The van der Waals surface area contributed by atoms with Gasteiger partial charge in [-0.1, -0.05) is 0 Å². The number of hydrogen-bond donors (Lipinski definition) is 1. The number of carbonyl (C=O) groups excluding carboxylic acids is 2. The van der Waals surface area contributed by atoms with Crippen LogP contribution in [0.15, 0.2) is 36.5 Å². The van der Waals surface area contributed by atoms with Crippen molar-refractivity contribution in [2.45, 2.75) is 32.5 Å². The molecule has 1 heterocycles. The fourth-order valence-corrected chi connectivity index (χ4v) is 2.10. The van der Waals surface area contributed by atoms with E-state index in [0.717, 1.165) is 18.2 Å². The van der Waals surface area contributed by atoms with Crippen molar-refractivity contribution in [3.05, 3.63) is 52.3 Å². The number of ether oxygens (including phenoxy) is 2. The van der Waals surface area contributed by atoms with Gasteiger partial charge in [0.1, 0.15) is 17.0 Å². The van der Waals surface area contributed by atoms with Crippen molar-refractivity contribution in [3.63, 3.8) is 0 Å². The van der Waals surface area contributed by atoms with Gasteiger partial charge < -0.3 is 14.8 Å². The molecule has 1 aromatic carbocycles. The number of hydrogen-bond acceptors (Lipinski definition) is 7. The lowest BCUT2D eigenvalue weighted by molar-refractivity contribution is -0.384. The van der Waals surface area contributed by atoms with Crippen LogP contribution in [-0.2, 0) is 9.53 Å². The van der Waals surface area contributed by atoms with Crippen molar-refractivity contribution in [2.75, 3.05) is 5.32 Å². The quantitative estimate of drug-likeness (QED) is 0.430. The largest absolute Gasteiger partial charge is 0.471 e. The number of nitrogens with zero attached hydrogens (tertiary/aromatic N) is 2. The molecule has 12 heteroatoms. The molecule has 2 aromatic rings.